The van der Waals surface area contributed by atoms with Gasteiger partial charge in [-0.2, -0.15) is 0 Å². The molecule has 20 heavy (non-hydrogen) atoms. The summed E-state index contributed by atoms with van der Waals surface area (Å²) >= 11 is 3.58. The fraction of sp³-hybridized carbons (Fsp3) is 0.667. The molecule has 5 heteroatoms. The van der Waals surface area contributed by atoms with E-state index in [-0.39, 0.29) is 5.37 Å². The second-order valence-electron chi connectivity index (χ2n) is 5.08. The molecule has 3 nitrogen and oxygen atoms in total. The number of hydrogen-bond donors (Lipinski definition) is 0. The average molecular weight is 313 g/mol. The summed E-state index contributed by atoms with van der Waals surface area (Å²) in [5.41, 5.74) is 0. The van der Waals surface area contributed by atoms with Gasteiger partial charge in [0.2, 0.25) is 5.91 Å². The van der Waals surface area contributed by atoms with Crippen molar-refractivity contribution in [3.05, 3.63) is 21.9 Å². The molecule has 0 spiro atoms. The Hall–Kier alpha value is -0.520. The maximum absolute atomic E-state index is 12.1. The van der Waals surface area contributed by atoms with Crippen molar-refractivity contribution in [2.45, 2.75) is 32.6 Å². The van der Waals surface area contributed by atoms with Crippen LogP contribution in [0.3, 0.4) is 0 Å². The van der Waals surface area contributed by atoms with Gasteiger partial charge in [0.15, 0.2) is 0 Å². The van der Waals surface area contributed by atoms with E-state index in [0.29, 0.717) is 11.7 Å². The Kier molecular flexibility index (Phi) is 5.93. The molecule has 1 aromatic heterocycles. The molecule has 0 aromatic carbocycles. The number of carbonyl (C=O) groups is 1. The van der Waals surface area contributed by atoms with Gasteiger partial charge in [-0.15, -0.1) is 23.1 Å². The first-order chi connectivity index (χ1) is 9.65. The summed E-state index contributed by atoms with van der Waals surface area (Å²) in [7, 11) is 0. The number of thiophene rings is 1. The van der Waals surface area contributed by atoms with Crippen LogP contribution in [0.4, 0.5) is 0 Å². The van der Waals surface area contributed by atoms with Crippen molar-refractivity contribution in [1.29, 1.82) is 0 Å². The van der Waals surface area contributed by atoms with Crippen LogP contribution in [0.15, 0.2) is 12.1 Å². The number of thioether (sulfide) groups is 1. The number of aryl methyl sites for hydroxylation is 1. The highest BCUT2D eigenvalue weighted by molar-refractivity contribution is 8.00. The molecule has 1 fully saturated rings. The molecule has 2 heterocycles. The van der Waals surface area contributed by atoms with Gasteiger partial charge in [0.1, 0.15) is 5.37 Å². The third kappa shape index (κ3) is 3.77. The maximum atomic E-state index is 12.1. The molecule has 1 aromatic rings. The van der Waals surface area contributed by atoms with Gasteiger partial charge in [0.05, 0.1) is 5.75 Å². The van der Waals surface area contributed by atoms with Gasteiger partial charge < -0.3 is 9.80 Å². The standard InChI is InChI=1S/C15H24N2OS2/c1-4-16(5-2)9-6-10-17-14(18)11-19-15(17)13-8-7-12(3)20-13/h7-8,15H,4-6,9-11H2,1-3H3. The van der Waals surface area contributed by atoms with Crippen LogP contribution in [0.5, 0.6) is 0 Å². The van der Waals surface area contributed by atoms with Crippen LogP contribution in [0.2, 0.25) is 0 Å². The van der Waals surface area contributed by atoms with E-state index in [4.69, 9.17) is 0 Å². The fourth-order valence-electron chi connectivity index (χ4n) is 2.52. The van der Waals surface area contributed by atoms with Crippen LogP contribution in [-0.4, -0.2) is 47.6 Å². The monoisotopic (exact) mass is 312 g/mol. The highest BCUT2D eigenvalue weighted by Crippen LogP contribution is 2.41. The molecule has 1 saturated heterocycles. The van der Waals surface area contributed by atoms with Crippen molar-refractivity contribution < 1.29 is 4.79 Å². The van der Waals surface area contributed by atoms with Gasteiger partial charge in [-0.1, -0.05) is 13.8 Å². The van der Waals surface area contributed by atoms with Crippen molar-refractivity contribution in [3.8, 4) is 0 Å². The Morgan fingerprint density at radius 2 is 2.10 bits per heavy atom. The summed E-state index contributed by atoms with van der Waals surface area (Å²) in [4.78, 5) is 19.2. The Balaban J connectivity index is 1.92. The molecule has 1 aliphatic heterocycles. The Morgan fingerprint density at radius 1 is 1.35 bits per heavy atom. The lowest BCUT2D eigenvalue weighted by Crippen LogP contribution is -2.32. The topological polar surface area (TPSA) is 23.6 Å². The van der Waals surface area contributed by atoms with Gasteiger partial charge in [-0.25, -0.2) is 0 Å². The highest BCUT2D eigenvalue weighted by Gasteiger charge is 2.33. The summed E-state index contributed by atoms with van der Waals surface area (Å²) in [5, 5.41) is 0.248. The lowest BCUT2D eigenvalue weighted by Gasteiger charge is -2.25. The third-order valence-electron chi connectivity index (χ3n) is 3.74. The number of carbonyl (C=O) groups excluding carboxylic acids is 1. The predicted octanol–water partition coefficient (Wildman–Crippen LogP) is 3.36. The van der Waals surface area contributed by atoms with E-state index in [1.807, 2.05) is 11.3 Å². The molecule has 0 radical (unpaired) electrons. The van der Waals surface area contributed by atoms with Gasteiger partial charge in [0.25, 0.3) is 0 Å². The first-order valence-corrected chi connectivity index (χ1v) is 9.22. The van der Waals surface area contributed by atoms with E-state index >= 15 is 0 Å². The van der Waals surface area contributed by atoms with E-state index in [1.165, 1.54) is 9.75 Å². The van der Waals surface area contributed by atoms with E-state index in [0.717, 1.165) is 32.6 Å². The van der Waals surface area contributed by atoms with Crippen LogP contribution >= 0.6 is 23.1 Å². The van der Waals surface area contributed by atoms with Crippen LogP contribution in [0.25, 0.3) is 0 Å². The van der Waals surface area contributed by atoms with Gasteiger partial charge >= 0.3 is 0 Å². The van der Waals surface area contributed by atoms with E-state index in [9.17, 15) is 4.79 Å². The van der Waals surface area contributed by atoms with Gasteiger partial charge in [-0.3, -0.25) is 4.79 Å². The molecule has 112 valence electrons. The lowest BCUT2D eigenvalue weighted by molar-refractivity contribution is -0.128. The molecule has 0 saturated carbocycles. The Labute approximate surface area is 130 Å². The maximum Gasteiger partial charge on any atom is 0.233 e. The molecule has 0 N–H and O–H groups in total. The minimum Gasteiger partial charge on any atom is -0.325 e. The molecule has 0 aliphatic carbocycles. The first-order valence-electron chi connectivity index (χ1n) is 7.35. The fourth-order valence-corrected chi connectivity index (χ4v) is 4.85. The van der Waals surface area contributed by atoms with Crippen molar-refractivity contribution >= 4 is 29.0 Å². The van der Waals surface area contributed by atoms with Crippen LogP contribution in [0, 0.1) is 6.92 Å². The molecule has 1 aliphatic rings. The predicted molar refractivity (Wildman–Crippen MR) is 88.4 cm³/mol. The number of nitrogens with zero attached hydrogens (tertiary/aromatic N) is 2. The van der Waals surface area contributed by atoms with Crippen LogP contribution in [-0.2, 0) is 4.79 Å². The van der Waals surface area contributed by atoms with Crippen molar-refractivity contribution in [2.24, 2.45) is 0 Å². The summed E-state index contributed by atoms with van der Waals surface area (Å²) in [5.74, 6) is 0.929. The quantitative estimate of drug-likeness (QED) is 0.771. The van der Waals surface area contributed by atoms with Gasteiger partial charge in [-0.05, 0) is 45.1 Å². The second-order valence-corrected chi connectivity index (χ2v) is 7.47. The van der Waals surface area contributed by atoms with Gasteiger partial charge in [0, 0.05) is 16.3 Å². The number of rotatable bonds is 7. The third-order valence-corrected chi connectivity index (χ3v) is 6.18. The number of amides is 1. The lowest BCUT2D eigenvalue weighted by atomic mass is 10.3. The first kappa shape index (κ1) is 15.9. The molecule has 1 atom stereocenters. The zero-order valence-corrected chi connectivity index (χ0v) is 14.2. The van der Waals surface area contributed by atoms with E-state index in [1.54, 1.807) is 11.8 Å². The zero-order valence-electron chi connectivity index (χ0n) is 12.6. The molecule has 0 bridgehead atoms. The van der Waals surface area contributed by atoms with Crippen LogP contribution < -0.4 is 0 Å². The van der Waals surface area contributed by atoms with E-state index in [2.05, 4.69) is 42.7 Å². The second kappa shape index (κ2) is 7.48. The normalized spacial score (nSPS) is 19.3. The smallest absolute Gasteiger partial charge is 0.233 e. The molecular weight excluding hydrogens is 288 g/mol. The average Bonchev–Trinajstić information content (AvgIpc) is 3.02. The molecular formula is C15H24N2OS2. The zero-order chi connectivity index (χ0) is 14.5. The molecule has 2 rings (SSSR count). The van der Waals surface area contributed by atoms with Crippen molar-refractivity contribution in [3.63, 3.8) is 0 Å². The summed E-state index contributed by atoms with van der Waals surface area (Å²) in [6, 6.07) is 4.32. The molecule has 1 amide bonds. The van der Waals surface area contributed by atoms with Crippen molar-refractivity contribution in [2.75, 3.05) is 31.9 Å². The van der Waals surface area contributed by atoms with Crippen LogP contribution in [0.1, 0.15) is 35.4 Å². The summed E-state index contributed by atoms with van der Waals surface area (Å²) in [6.45, 7) is 10.6. The molecule has 1 unspecified atom stereocenters. The summed E-state index contributed by atoms with van der Waals surface area (Å²) in [6.07, 6.45) is 1.06. The SMILES string of the molecule is CCN(CC)CCCN1C(=O)CSC1c1ccc(C)s1. The largest absolute Gasteiger partial charge is 0.325 e. The highest BCUT2D eigenvalue weighted by atomic mass is 32.2. The Bertz CT molecular complexity index is 443. The minimum atomic E-state index is 0.248. The number of hydrogen-bond acceptors (Lipinski definition) is 4. The minimum absolute atomic E-state index is 0.248. The van der Waals surface area contributed by atoms with Crippen molar-refractivity contribution in [1.82, 2.24) is 9.80 Å². The Morgan fingerprint density at radius 3 is 2.70 bits per heavy atom. The van der Waals surface area contributed by atoms with E-state index < -0.39 is 0 Å². The summed E-state index contributed by atoms with van der Waals surface area (Å²) < 4.78 is 0.